The summed E-state index contributed by atoms with van der Waals surface area (Å²) in [5.74, 6) is 0.692. The molecule has 0 fully saturated rings. The summed E-state index contributed by atoms with van der Waals surface area (Å²) in [6.45, 7) is 4.07. The van der Waals surface area contributed by atoms with Crippen molar-refractivity contribution in [2.45, 2.75) is 26.3 Å². The Bertz CT molecular complexity index is 716. The summed E-state index contributed by atoms with van der Waals surface area (Å²) >= 11 is 5.96. The molecule has 0 N–H and O–H groups in total. The highest BCUT2D eigenvalue weighted by Gasteiger charge is 2.18. The minimum Gasteiger partial charge on any atom is -0.438 e. The van der Waals surface area contributed by atoms with Crippen molar-refractivity contribution in [3.63, 3.8) is 0 Å². The Morgan fingerprint density at radius 1 is 1.42 bits per heavy atom. The summed E-state index contributed by atoms with van der Waals surface area (Å²) in [4.78, 5) is 8.78. The number of rotatable bonds is 3. The van der Waals surface area contributed by atoms with Crippen molar-refractivity contribution in [1.29, 1.82) is 0 Å². The fourth-order valence-electron chi connectivity index (χ4n) is 2.18. The monoisotopic (exact) mass is 275 g/mol. The minimum absolute atomic E-state index is 0.0624. The number of benzene rings is 1. The van der Waals surface area contributed by atoms with Gasteiger partial charge in [-0.15, -0.1) is 0 Å². The van der Waals surface area contributed by atoms with Gasteiger partial charge in [-0.25, -0.2) is 9.97 Å². The second-order valence-corrected chi connectivity index (χ2v) is 4.99. The molecule has 1 unspecified atom stereocenters. The van der Waals surface area contributed by atoms with E-state index < -0.39 is 0 Å². The number of aryl methyl sites for hydroxylation is 1. The van der Waals surface area contributed by atoms with Gasteiger partial charge in [-0.3, -0.25) is 0 Å². The molecular weight excluding hydrogens is 262 g/mol. The molecule has 19 heavy (non-hydrogen) atoms. The first kappa shape index (κ1) is 12.2. The van der Waals surface area contributed by atoms with E-state index in [9.17, 15) is 0 Å². The molecule has 1 aromatic carbocycles. The molecule has 4 nitrogen and oxygen atoms in total. The third-order valence-electron chi connectivity index (χ3n) is 3.13. The van der Waals surface area contributed by atoms with Crippen molar-refractivity contribution < 1.29 is 4.42 Å². The van der Waals surface area contributed by atoms with Crippen LogP contribution in [0.15, 0.2) is 35.1 Å². The molecule has 3 rings (SSSR count). The molecule has 1 atom stereocenters. The number of nitrogens with zero attached hydrogens (tertiary/aromatic N) is 3. The standard InChI is InChI=1S/C14H14ClN3O/c1-3-12(18-7-9(2)16-8-18)14-17-11-6-10(15)4-5-13(11)19-14/h4-8,12H,3H2,1-2H3. The van der Waals surface area contributed by atoms with Crippen molar-refractivity contribution in [1.82, 2.24) is 14.5 Å². The van der Waals surface area contributed by atoms with E-state index in [4.69, 9.17) is 16.0 Å². The van der Waals surface area contributed by atoms with Gasteiger partial charge in [0.05, 0.1) is 12.0 Å². The topological polar surface area (TPSA) is 43.9 Å². The van der Waals surface area contributed by atoms with Crippen LogP contribution in [0.25, 0.3) is 11.1 Å². The molecule has 0 bridgehead atoms. The van der Waals surface area contributed by atoms with Crippen LogP contribution in [0.1, 0.15) is 31.0 Å². The molecule has 2 heterocycles. The maximum absolute atomic E-state index is 5.96. The van der Waals surface area contributed by atoms with Crippen LogP contribution < -0.4 is 0 Å². The van der Waals surface area contributed by atoms with Crippen LogP contribution in [0.2, 0.25) is 5.02 Å². The highest BCUT2D eigenvalue weighted by molar-refractivity contribution is 6.31. The van der Waals surface area contributed by atoms with Crippen LogP contribution in [0.5, 0.6) is 0 Å². The maximum atomic E-state index is 5.96. The lowest BCUT2D eigenvalue weighted by molar-refractivity contribution is 0.422. The highest BCUT2D eigenvalue weighted by atomic mass is 35.5. The fraction of sp³-hybridized carbons (Fsp3) is 0.286. The normalized spacial score (nSPS) is 13.0. The van der Waals surface area contributed by atoms with E-state index in [0.717, 1.165) is 23.2 Å². The lowest BCUT2D eigenvalue weighted by atomic mass is 10.2. The van der Waals surface area contributed by atoms with Gasteiger partial charge in [0, 0.05) is 11.2 Å². The maximum Gasteiger partial charge on any atom is 0.218 e. The average molecular weight is 276 g/mol. The number of hydrogen-bond acceptors (Lipinski definition) is 3. The Hall–Kier alpha value is -1.81. The van der Waals surface area contributed by atoms with Crippen molar-refractivity contribution >= 4 is 22.7 Å². The minimum atomic E-state index is 0.0624. The molecule has 0 aliphatic carbocycles. The van der Waals surface area contributed by atoms with Gasteiger partial charge in [-0.1, -0.05) is 18.5 Å². The molecule has 5 heteroatoms. The van der Waals surface area contributed by atoms with E-state index in [-0.39, 0.29) is 6.04 Å². The fourth-order valence-corrected chi connectivity index (χ4v) is 2.35. The van der Waals surface area contributed by atoms with E-state index >= 15 is 0 Å². The Labute approximate surface area is 116 Å². The molecule has 2 aromatic heterocycles. The smallest absolute Gasteiger partial charge is 0.218 e. The van der Waals surface area contributed by atoms with Gasteiger partial charge in [-0.2, -0.15) is 0 Å². The zero-order chi connectivity index (χ0) is 13.4. The first-order valence-electron chi connectivity index (χ1n) is 6.23. The van der Waals surface area contributed by atoms with Crippen molar-refractivity contribution in [2.75, 3.05) is 0 Å². The molecule has 0 amide bonds. The number of oxazole rings is 1. The second kappa shape index (κ2) is 4.70. The molecule has 0 saturated heterocycles. The predicted octanol–water partition coefficient (Wildman–Crippen LogP) is 3.99. The Morgan fingerprint density at radius 2 is 2.26 bits per heavy atom. The summed E-state index contributed by atoms with van der Waals surface area (Å²) in [6, 6.07) is 5.53. The summed E-state index contributed by atoms with van der Waals surface area (Å²) in [5.41, 5.74) is 2.53. The molecule has 0 aliphatic heterocycles. The first-order chi connectivity index (χ1) is 9.17. The SMILES string of the molecule is CCC(c1nc2cc(Cl)ccc2o1)n1cnc(C)c1. The lowest BCUT2D eigenvalue weighted by Crippen LogP contribution is -2.07. The zero-order valence-corrected chi connectivity index (χ0v) is 11.6. The van der Waals surface area contributed by atoms with Crippen LogP contribution in [-0.4, -0.2) is 14.5 Å². The number of fused-ring (bicyclic) bond motifs is 1. The lowest BCUT2D eigenvalue weighted by Gasteiger charge is -2.11. The van der Waals surface area contributed by atoms with Crippen LogP contribution in [-0.2, 0) is 0 Å². The number of aromatic nitrogens is 3. The van der Waals surface area contributed by atoms with Gasteiger partial charge in [-0.05, 0) is 31.5 Å². The molecular formula is C14H14ClN3O. The Balaban J connectivity index is 2.06. The number of halogens is 1. The summed E-state index contributed by atoms with van der Waals surface area (Å²) in [6.07, 6.45) is 4.69. The third-order valence-corrected chi connectivity index (χ3v) is 3.36. The average Bonchev–Trinajstić information content (AvgIpc) is 2.96. The van der Waals surface area contributed by atoms with Crippen molar-refractivity contribution in [3.8, 4) is 0 Å². The Kier molecular flexibility index (Phi) is 3.03. The van der Waals surface area contributed by atoms with E-state index in [1.54, 1.807) is 6.07 Å². The third kappa shape index (κ3) is 2.24. The van der Waals surface area contributed by atoms with E-state index in [0.29, 0.717) is 10.9 Å². The molecule has 98 valence electrons. The molecule has 3 aromatic rings. The number of hydrogen-bond donors (Lipinski definition) is 0. The molecule has 0 spiro atoms. The van der Waals surface area contributed by atoms with E-state index in [1.807, 2.05) is 36.1 Å². The van der Waals surface area contributed by atoms with Crippen LogP contribution >= 0.6 is 11.6 Å². The molecule has 0 radical (unpaired) electrons. The Morgan fingerprint density at radius 3 is 2.95 bits per heavy atom. The predicted molar refractivity (Wildman–Crippen MR) is 74.4 cm³/mol. The van der Waals surface area contributed by atoms with Crippen LogP contribution in [0.3, 0.4) is 0 Å². The first-order valence-corrected chi connectivity index (χ1v) is 6.61. The highest BCUT2D eigenvalue weighted by Crippen LogP contribution is 2.27. The van der Waals surface area contributed by atoms with Crippen molar-refractivity contribution in [3.05, 3.63) is 47.3 Å². The molecule has 0 saturated carbocycles. The van der Waals surface area contributed by atoms with Gasteiger partial charge in [0.1, 0.15) is 11.6 Å². The quantitative estimate of drug-likeness (QED) is 0.726. The summed E-state index contributed by atoms with van der Waals surface area (Å²) < 4.78 is 7.85. The number of imidazole rings is 1. The van der Waals surface area contributed by atoms with Gasteiger partial charge in [0.25, 0.3) is 0 Å². The summed E-state index contributed by atoms with van der Waals surface area (Å²) in [5, 5.41) is 0.666. The van der Waals surface area contributed by atoms with Gasteiger partial charge in [0.15, 0.2) is 5.58 Å². The van der Waals surface area contributed by atoms with Gasteiger partial charge >= 0.3 is 0 Å². The van der Waals surface area contributed by atoms with E-state index in [2.05, 4.69) is 16.9 Å². The largest absolute Gasteiger partial charge is 0.438 e. The zero-order valence-electron chi connectivity index (χ0n) is 10.8. The van der Waals surface area contributed by atoms with Gasteiger partial charge in [0.2, 0.25) is 5.89 Å². The molecule has 0 aliphatic rings. The van der Waals surface area contributed by atoms with Crippen LogP contribution in [0.4, 0.5) is 0 Å². The van der Waals surface area contributed by atoms with Crippen molar-refractivity contribution in [2.24, 2.45) is 0 Å². The summed E-state index contributed by atoms with van der Waals surface area (Å²) in [7, 11) is 0. The van der Waals surface area contributed by atoms with Gasteiger partial charge < -0.3 is 8.98 Å². The van der Waals surface area contributed by atoms with Crippen LogP contribution in [0, 0.1) is 6.92 Å². The van der Waals surface area contributed by atoms with E-state index in [1.165, 1.54) is 0 Å². The second-order valence-electron chi connectivity index (χ2n) is 4.55.